The number of benzene rings is 2. The van der Waals surface area contributed by atoms with Crippen LogP contribution in [0.5, 0.6) is 5.75 Å². The minimum Gasteiger partial charge on any atom is -0.450 e. The number of unbranched alkanes of at least 4 members (excludes halogenated alkanes) is 4. The van der Waals surface area contributed by atoms with E-state index in [0.29, 0.717) is 19.4 Å². The van der Waals surface area contributed by atoms with Gasteiger partial charge in [0.1, 0.15) is 5.75 Å². The van der Waals surface area contributed by atoms with Crippen LogP contribution in [0, 0.1) is 11.8 Å². The maximum Gasteiger partial charge on any atom is 0.348 e. The molecule has 0 aliphatic heterocycles. The molecule has 1 aliphatic rings. The second-order valence-corrected chi connectivity index (χ2v) is 9.74. The van der Waals surface area contributed by atoms with Crippen molar-refractivity contribution in [3.05, 3.63) is 84.0 Å². The summed E-state index contributed by atoms with van der Waals surface area (Å²) in [5.74, 6) is 3.90. The number of carbonyl (C=O) groups is 3. The lowest BCUT2D eigenvalue weighted by molar-refractivity contribution is -0.156. The average Bonchev–Trinajstić information content (AvgIpc) is 2.98. The molecule has 0 saturated heterocycles. The van der Waals surface area contributed by atoms with Gasteiger partial charge in [0.2, 0.25) is 5.78 Å². The maximum atomic E-state index is 13.4. The van der Waals surface area contributed by atoms with Crippen molar-refractivity contribution in [2.24, 2.45) is 0 Å². The van der Waals surface area contributed by atoms with Crippen LogP contribution in [0.2, 0.25) is 0 Å². The van der Waals surface area contributed by atoms with Crippen molar-refractivity contribution < 1.29 is 28.6 Å². The maximum absolute atomic E-state index is 13.4. The molecule has 2 aromatic rings. The van der Waals surface area contributed by atoms with Crippen molar-refractivity contribution in [2.45, 2.75) is 77.4 Å². The Bertz CT molecular complexity index is 1260. The Labute approximate surface area is 237 Å². The van der Waals surface area contributed by atoms with E-state index in [-0.39, 0.29) is 11.3 Å². The summed E-state index contributed by atoms with van der Waals surface area (Å²) in [5.41, 5.74) is 1.08. The van der Waals surface area contributed by atoms with Crippen molar-refractivity contribution in [3.8, 4) is 17.6 Å². The van der Waals surface area contributed by atoms with Gasteiger partial charge >= 0.3 is 11.9 Å². The van der Waals surface area contributed by atoms with Crippen LogP contribution in [0.1, 0.15) is 81.6 Å². The van der Waals surface area contributed by atoms with Crippen LogP contribution in [0.4, 0.5) is 0 Å². The molecule has 0 heterocycles. The monoisotopic (exact) mass is 542 g/mol. The summed E-state index contributed by atoms with van der Waals surface area (Å²) in [5, 5.41) is 0. The molecule has 40 heavy (non-hydrogen) atoms. The van der Waals surface area contributed by atoms with Gasteiger partial charge in [-0.05, 0) is 67.2 Å². The zero-order chi connectivity index (χ0) is 28.8. The second-order valence-electron chi connectivity index (χ2n) is 9.74. The lowest BCUT2D eigenvalue weighted by Crippen LogP contribution is -2.43. The third kappa shape index (κ3) is 8.79. The summed E-state index contributed by atoms with van der Waals surface area (Å²) in [6.45, 7) is 6.05. The smallest absolute Gasteiger partial charge is 0.348 e. The minimum atomic E-state index is -1.24. The molecule has 6 heteroatoms. The van der Waals surface area contributed by atoms with Gasteiger partial charge in [0.05, 0.1) is 5.56 Å². The van der Waals surface area contributed by atoms with E-state index in [4.69, 9.17) is 14.2 Å². The largest absolute Gasteiger partial charge is 0.450 e. The van der Waals surface area contributed by atoms with Gasteiger partial charge in [0.25, 0.3) is 0 Å². The fourth-order valence-corrected chi connectivity index (χ4v) is 4.08. The summed E-state index contributed by atoms with van der Waals surface area (Å²) >= 11 is 0. The van der Waals surface area contributed by atoms with Crippen LogP contribution in [-0.2, 0) is 19.1 Å². The van der Waals surface area contributed by atoms with Gasteiger partial charge in [0.15, 0.2) is 11.7 Å². The molecule has 0 spiro atoms. The van der Waals surface area contributed by atoms with Gasteiger partial charge in [0, 0.05) is 19.4 Å². The molecule has 0 N–H and O–H groups in total. The molecule has 0 bridgehead atoms. The number of hydrogen-bond acceptors (Lipinski definition) is 6. The molecule has 0 fully saturated rings. The van der Waals surface area contributed by atoms with E-state index in [1.807, 2.05) is 49.4 Å². The Balaban J connectivity index is 1.66. The number of esters is 2. The molecule has 3 rings (SSSR count). The van der Waals surface area contributed by atoms with Gasteiger partial charge in [-0.3, -0.25) is 4.79 Å². The lowest BCUT2D eigenvalue weighted by atomic mass is 9.89. The highest BCUT2D eigenvalue weighted by molar-refractivity contribution is 6.01. The number of hydrogen-bond donors (Lipinski definition) is 0. The Hall–Kier alpha value is -3.95. The van der Waals surface area contributed by atoms with Crippen LogP contribution < -0.4 is 4.74 Å². The number of carbonyl (C=O) groups excluding carboxylic acids is 3. The van der Waals surface area contributed by atoms with Gasteiger partial charge < -0.3 is 14.2 Å². The topological polar surface area (TPSA) is 78.9 Å². The molecule has 1 aliphatic carbocycles. The minimum absolute atomic E-state index is 0.232. The number of Topliss-reactive ketones (excluding diaryl/α,β-unsaturated/α-hetero) is 1. The molecule has 0 amide bonds. The first kappa shape index (κ1) is 30.6. The highest BCUT2D eigenvalue weighted by atomic mass is 16.6. The molecule has 0 saturated carbocycles. The zero-order valence-electron chi connectivity index (χ0n) is 23.6. The third-order valence-electron chi connectivity index (χ3n) is 6.51. The average molecular weight is 543 g/mol. The third-order valence-corrected chi connectivity index (χ3v) is 6.51. The van der Waals surface area contributed by atoms with Crippen LogP contribution in [-0.4, -0.2) is 36.0 Å². The molecule has 210 valence electrons. The van der Waals surface area contributed by atoms with Crippen molar-refractivity contribution in [1.82, 2.24) is 0 Å². The summed E-state index contributed by atoms with van der Waals surface area (Å²) in [4.78, 5) is 38.0. The van der Waals surface area contributed by atoms with E-state index in [1.165, 1.54) is 31.2 Å². The number of allylic oxidation sites excluding steroid dienone is 2. The molecular weight excluding hydrogens is 504 g/mol. The van der Waals surface area contributed by atoms with E-state index < -0.39 is 29.4 Å². The molecule has 2 aromatic carbocycles. The molecule has 0 radical (unpaired) electrons. The van der Waals surface area contributed by atoms with E-state index in [0.717, 1.165) is 43.2 Å². The quantitative estimate of drug-likeness (QED) is 0.0902. The number of ether oxygens (including phenoxy) is 3. The second kappa shape index (κ2) is 15.6. The Morgan fingerprint density at radius 1 is 0.950 bits per heavy atom. The molecular formula is C34H38O6. The Kier molecular flexibility index (Phi) is 11.9. The van der Waals surface area contributed by atoms with Crippen molar-refractivity contribution in [2.75, 3.05) is 6.61 Å². The van der Waals surface area contributed by atoms with Gasteiger partial charge in [-0.2, -0.15) is 0 Å². The highest BCUT2D eigenvalue weighted by Gasteiger charge is 2.40. The molecule has 2 unspecified atom stereocenters. The summed E-state index contributed by atoms with van der Waals surface area (Å²) in [7, 11) is 0. The first-order valence-electron chi connectivity index (χ1n) is 14.0. The fraction of sp³-hybridized carbons (Fsp3) is 0.382. The first-order valence-corrected chi connectivity index (χ1v) is 14.0. The SMILES string of the molecule is CCCC#CC(=O)C(C)OC(=O)c1ccc(OC(=O)C2(OCCCCCC)C=CC(c3ccccc3)=CC2)cc1. The van der Waals surface area contributed by atoms with Crippen LogP contribution in [0.15, 0.2) is 72.8 Å². The van der Waals surface area contributed by atoms with E-state index in [1.54, 1.807) is 6.08 Å². The van der Waals surface area contributed by atoms with Crippen LogP contribution in [0.3, 0.4) is 0 Å². The summed E-state index contributed by atoms with van der Waals surface area (Å²) < 4.78 is 17.1. The van der Waals surface area contributed by atoms with Crippen molar-refractivity contribution in [3.63, 3.8) is 0 Å². The van der Waals surface area contributed by atoms with Gasteiger partial charge in [-0.15, -0.1) is 0 Å². The molecule has 0 aromatic heterocycles. The fourth-order valence-electron chi connectivity index (χ4n) is 4.08. The predicted molar refractivity (Wildman–Crippen MR) is 156 cm³/mol. The Morgan fingerprint density at radius 2 is 1.70 bits per heavy atom. The summed E-state index contributed by atoms with van der Waals surface area (Å²) in [6, 6.07) is 16.0. The van der Waals surface area contributed by atoms with Crippen LogP contribution in [0.25, 0.3) is 5.57 Å². The first-order chi connectivity index (χ1) is 19.4. The van der Waals surface area contributed by atoms with Crippen molar-refractivity contribution >= 4 is 23.3 Å². The zero-order valence-corrected chi connectivity index (χ0v) is 23.6. The highest BCUT2D eigenvalue weighted by Crippen LogP contribution is 2.32. The van der Waals surface area contributed by atoms with E-state index in [9.17, 15) is 14.4 Å². The lowest BCUT2D eigenvalue weighted by Gasteiger charge is -2.30. The number of ketones is 1. The van der Waals surface area contributed by atoms with Crippen molar-refractivity contribution in [1.29, 1.82) is 0 Å². The molecule has 2 atom stereocenters. The number of rotatable bonds is 13. The summed E-state index contributed by atoms with van der Waals surface area (Å²) in [6.07, 6.45) is 10.6. The standard InChI is InChI=1S/C34H38O6/c1-4-6-8-13-25-38-34(23-21-28(22-24-34)27-14-11-9-12-15-27)33(37)40-30-19-17-29(18-20-30)32(36)39-26(3)31(35)16-10-7-5-2/h9,11-12,14-15,17-23,26H,4-8,13,24-25H2,1-3H3. The molecule has 6 nitrogen and oxygen atoms in total. The van der Waals surface area contributed by atoms with Gasteiger partial charge in [-0.1, -0.05) is 81.5 Å². The van der Waals surface area contributed by atoms with Crippen LogP contribution >= 0.6 is 0 Å². The normalized spacial score (nSPS) is 16.7. The van der Waals surface area contributed by atoms with Gasteiger partial charge in [-0.25, -0.2) is 9.59 Å². The van der Waals surface area contributed by atoms with E-state index >= 15 is 0 Å². The predicted octanol–water partition coefficient (Wildman–Crippen LogP) is 6.89. The Morgan fingerprint density at radius 3 is 2.35 bits per heavy atom. The van der Waals surface area contributed by atoms with E-state index in [2.05, 4.69) is 18.8 Å².